The second-order valence-electron chi connectivity index (χ2n) is 7.29. The molecule has 1 aliphatic heterocycles. The van der Waals surface area contributed by atoms with Crippen LogP contribution >= 0.6 is 11.3 Å². The van der Waals surface area contributed by atoms with Crippen LogP contribution in [0.15, 0.2) is 48.5 Å². The number of nitrogens with zero attached hydrogens (tertiary/aromatic N) is 3. The summed E-state index contributed by atoms with van der Waals surface area (Å²) in [6, 6.07) is 12.2. The van der Waals surface area contributed by atoms with Crippen LogP contribution in [0.5, 0.6) is 5.75 Å². The molecular formula is C22H20F3N3O2S. The second-order valence-corrected chi connectivity index (χ2v) is 8.30. The molecule has 0 radical (unpaired) electrons. The van der Waals surface area contributed by atoms with Gasteiger partial charge in [0.2, 0.25) is 0 Å². The second kappa shape index (κ2) is 8.66. The molecule has 3 aromatic rings. The van der Waals surface area contributed by atoms with E-state index in [9.17, 15) is 18.0 Å². The maximum Gasteiger partial charge on any atom is 0.416 e. The zero-order chi connectivity index (χ0) is 22.0. The van der Waals surface area contributed by atoms with Crippen LogP contribution in [0, 0.1) is 0 Å². The van der Waals surface area contributed by atoms with E-state index in [1.807, 2.05) is 24.3 Å². The fraction of sp³-hybridized carbons (Fsp3) is 0.318. The molecule has 1 aliphatic rings. The van der Waals surface area contributed by atoms with Crippen molar-refractivity contribution in [1.29, 1.82) is 0 Å². The molecule has 0 atom stereocenters. The van der Waals surface area contributed by atoms with Crippen molar-refractivity contribution in [2.45, 2.75) is 24.9 Å². The molecule has 0 N–H and O–H groups in total. The number of para-hydroxylation sites is 1. The molecule has 2 heterocycles. The topological polar surface area (TPSA) is 55.3 Å². The molecule has 5 nitrogen and oxygen atoms in total. The Kier molecular flexibility index (Phi) is 5.95. The van der Waals surface area contributed by atoms with Gasteiger partial charge in [0.05, 0.1) is 18.2 Å². The third-order valence-electron chi connectivity index (χ3n) is 5.35. The Bertz CT molecular complexity index is 1080. The summed E-state index contributed by atoms with van der Waals surface area (Å²) in [6.07, 6.45) is -3.10. The van der Waals surface area contributed by atoms with Gasteiger partial charge in [-0.15, -0.1) is 10.2 Å². The van der Waals surface area contributed by atoms with E-state index in [2.05, 4.69) is 10.2 Å². The minimum Gasteiger partial charge on any atom is -0.496 e. The molecule has 2 aromatic carbocycles. The number of ether oxygens (including phenoxy) is 1. The average molecular weight is 447 g/mol. The lowest BCUT2D eigenvalue weighted by molar-refractivity contribution is -0.137. The maximum atomic E-state index is 12.9. The normalized spacial score (nSPS) is 15.2. The van der Waals surface area contributed by atoms with Crippen LogP contribution in [0.4, 0.5) is 13.2 Å². The van der Waals surface area contributed by atoms with Gasteiger partial charge in [0.25, 0.3) is 5.91 Å². The number of amides is 1. The highest BCUT2D eigenvalue weighted by Crippen LogP contribution is 2.37. The van der Waals surface area contributed by atoms with E-state index < -0.39 is 11.7 Å². The number of halogens is 3. The van der Waals surface area contributed by atoms with Crippen molar-refractivity contribution in [1.82, 2.24) is 15.1 Å². The number of rotatable bonds is 4. The average Bonchev–Trinajstić information content (AvgIpc) is 3.28. The van der Waals surface area contributed by atoms with E-state index in [4.69, 9.17) is 4.74 Å². The van der Waals surface area contributed by atoms with Crippen LogP contribution in [-0.4, -0.2) is 41.2 Å². The van der Waals surface area contributed by atoms with Gasteiger partial charge in [0.15, 0.2) is 5.01 Å². The standard InChI is InChI=1S/C22H20F3N3O2S/c1-30-18-8-3-2-7-17(18)20-27-26-19(31-20)14-9-11-28(12-10-14)21(29)15-5-4-6-16(13-15)22(23,24)25/h2-8,13-14H,9-12H2,1H3. The van der Waals surface area contributed by atoms with Crippen molar-refractivity contribution >= 4 is 17.2 Å². The summed E-state index contributed by atoms with van der Waals surface area (Å²) in [5, 5.41) is 10.3. The van der Waals surface area contributed by atoms with Gasteiger partial charge in [-0.3, -0.25) is 4.79 Å². The van der Waals surface area contributed by atoms with E-state index in [-0.39, 0.29) is 17.4 Å². The van der Waals surface area contributed by atoms with E-state index in [0.29, 0.717) is 25.9 Å². The lowest BCUT2D eigenvalue weighted by atomic mass is 9.97. The number of aromatic nitrogens is 2. The summed E-state index contributed by atoms with van der Waals surface area (Å²) in [5.41, 5.74) is 0.125. The van der Waals surface area contributed by atoms with Crippen LogP contribution in [0.3, 0.4) is 0 Å². The molecule has 1 amide bonds. The monoisotopic (exact) mass is 447 g/mol. The van der Waals surface area contributed by atoms with Gasteiger partial charge in [-0.2, -0.15) is 13.2 Å². The van der Waals surface area contributed by atoms with Crippen LogP contribution in [0.1, 0.15) is 39.7 Å². The fourth-order valence-electron chi connectivity index (χ4n) is 3.67. The van der Waals surface area contributed by atoms with Gasteiger partial charge in [-0.25, -0.2) is 0 Å². The molecular weight excluding hydrogens is 427 g/mol. The molecule has 0 spiro atoms. The van der Waals surface area contributed by atoms with Crippen LogP contribution in [0.25, 0.3) is 10.6 Å². The van der Waals surface area contributed by atoms with Crippen molar-refractivity contribution in [3.8, 4) is 16.3 Å². The molecule has 0 aliphatic carbocycles. The van der Waals surface area contributed by atoms with E-state index in [1.54, 1.807) is 12.0 Å². The van der Waals surface area contributed by atoms with Gasteiger partial charge >= 0.3 is 6.18 Å². The zero-order valence-electron chi connectivity index (χ0n) is 16.7. The summed E-state index contributed by atoms with van der Waals surface area (Å²) < 4.78 is 44.2. The molecule has 1 aromatic heterocycles. The summed E-state index contributed by atoms with van der Waals surface area (Å²) >= 11 is 1.50. The van der Waals surface area contributed by atoms with Crippen LogP contribution in [-0.2, 0) is 6.18 Å². The Morgan fingerprint density at radius 2 is 1.84 bits per heavy atom. The SMILES string of the molecule is COc1ccccc1-c1nnc(C2CCN(C(=O)c3cccc(C(F)(F)F)c3)CC2)s1. The number of hydrogen-bond acceptors (Lipinski definition) is 5. The lowest BCUT2D eigenvalue weighted by Crippen LogP contribution is -2.38. The first-order valence-electron chi connectivity index (χ1n) is 9.80. The van der Waals surface area contributed by atoms with Crippen molar-refractivity contribution in [2.24, 2.45) is 0 Å². The highest BCUT2D eigenvalue weighted by molar-refractivity contribution is 7.14. The summed E-state index contributed by atoms with van der Waals surface area (Å²) in [4.78, 5) is 14.3. The number of likely N-dealkylation sites (tertiary alicyclic amines) is 1. The number of carbonyl (C=O) groups is 1. The largest absolute Gasteiger partial charge is 0.496 e. The highest BCUT2D eigenvalue weighted by atomic mass is 32.1. The van der Waals surface area contributed by atoms with Gasteiger partial charge in [-0.05, 0) is 43.2 Å². The number of hydrogen-bond donors (Lipinski definition) is 0. The Labute approximate surface area is 181 Å². The predicted octanol–water partition coefficient (Wildman–Crippen LogP) is 5.25. The smallest absolute Gasteiger partial charge is 0.416 e. The molecule has 1 fully saturated rings. The molecule has 0 bridgehead atoms. The first-order chi connectivity index (χ1) is 14.9. The van der Waals surface area contributed by atoms with E-state index in [1.165, 1.54) is 23.5 Å². The third kappa shape index (κ3) is 4.56. The summed E-state index contributed by atoms with van der Waals surface area (Å²) in [5.74, 6) is 0.509. The van der Waals surface area contributed by atoms with E-state index >= 15 is 0 Å². The first-order valence-corrected chi connectivity index (χ1v) is 10.6. The number of piperidine rings is 1. The van der Waals surface area contributed by atoms with Gasteiger partial charge in [-0.1, -0.05) is 29.5 Å². The Morgan fingerprint density at radius 3 is 2.55 bits per heavy atom. The third-order valence-corrected chi connectivity index (χ3v) is 6.47. The molecule has 0 unspecified atom stereocenters. The minimum absolute atomic E-state index is 0.0580. The fourth-order valence-corrected chi connectivity index (χ4v) is 4.71. The maximum absolute atomic E-state index is 12.9. The zero-order valence-corrected chi connectivity index (χ0v) is 17.5. The quantitative estimate of drug-likeness (QED) is 0.548. The number of alkyl halides is 3. The van der Waals surface area contributed by atoms with Gasteiger partial charge < -0.3 is 9.64 Å². The number of methoxy groups -OCH3 is 1. The molecule has 31 heavy (non-hydrogen) atoms. The van der Waals surface area contributed by atoms with Crippen molar-refractivity contribution in [3.05, 3.63) is 64.7 Å². The number of benzene rings is 2. The molecule has 4 rings (SSSR count). The van der Waals surface area contributed by atoms with Gasteiger partial charge in [0, 0.05) is 24.6 Å². The Balaban J connectivity index is 1.43. The van der Waals surface area contributed by atoms with Gasteiger partial charge in [0.1, 0.15) is 10.8 Å². The summed E-state index contributed by atoms with van der Waals surface area (Å²) in [7, 11) is 1.61. The van der Waals surface area contributed by atoms with E-state index in [0.717, 1.165) is 33.5 Å². The minimum atomic E-state index is -4.47. The lowest BCUT2D eigenvalue weighted by Gasteiger charge is -2.31. The first kappa shape index (κ1) is 21.3. The molecule has 0 saturated carbocycles. The van der Waals surface area contributed by atoms with Crippen molar-refractivity contribution in [2.75, 3.05) is 20.2 Å². The highest BCUT2D eigenvalue weighted by Gasteiger charge is 2.32. The van der Waals surface area contributed by atoms with Crippen LogP contribution < -0.4 is 4.74 Å². The van der Waals surface area contributed by atoms with Crippen molar-refractivity contribution < 1.29 is 22.7 Å². The number of carbonyl (C=O) groups excluding carboxylic acids is 1. The van der Waals surface area contributed by atoms with Crippen molar-refractivity contribution in [3.63, 3.8) is 0 Å². The Morgan fingerprint density at radius 1 is 1.10 bits per heavy atom. The molecule has 1 saturated heterocycles. The Hall–Kier alpha value is -2.94. The predicted molar refractivity (Wildman–Crippen MR) is 111 cm³/mol. The molecule has 162 valence electrons. The molecule has 9 heteroatoms. The van der Waals surface area contributed by atoms with Crippen LogP contribution in [0.2, 0.25) is 0 Å². The summed E-state index contributed by atoms with van der Waals surface area (Å²) in [6.45, 7) is 0.923.